The minimum absolute atomic E-state index is 0.0130. The number of cyclic esters (lactones) is 1. The number of para-hydroxylation sites is 1. The minimum atomic E-state index is -0.290. The summed E-state index contributed by atoms with van der Waals surface area (Å²) in [6.45, 7) is 1.52. The zero-order chi connectivity index (χ0) is 17.2. The molecule has 1 unspecified atom stereocenters. The predicted molar refractivity (Wildman–Crippen MR) is 94.2 cm³/mol. The molecular formula is C20H20N2O3. The Balaban J connectivity index is 1.60. The Morgan fingerprint density at radius 2 is 1.84 bits per heavy atom. The molecule has 2 heterocycles. The van der Waals surface area contributed by atoms with Crippen molar-refractivity contribution >= 4 is 17.7 Å². The van der Waals surface area contributed by atoms with Gasteiger partial charge in [-0.1, -0.05) is 48.5 Å². The van der Waals surface area contributed by atoms with Crippen molar-refractivity contribution in [2.75, 3.05) is 18.1 Å². The highest BCUT2D eigenvalue weighted by Crippen LogP contribution is 2.31. The van der Waals surface area contributed by atoms with Crippen molar-refractivity contribution in [3.8, 4) is 0 Å². The van der Waals surface area contributed by atoms with Crippen molar-refractivity contribution in [3.63, 3.8) is 0 Å². The molecule has 5 nitrogen and oxygen atoms in total. The third kappa shape index (κ3) is 3.09. The standard InChI is InChI=1S/C20H20N2O3/c23-19(12-15-6-2-1-3-7-15)21-11-10-17-14-25-20(24)22(17)18-9-5-4-8-16(18)13-21/h1-9,17H,10-14H2. The zero-order valence-electron chi connectivity index (χ0n) is 13.9. The van der Waals surface area contributed by atoms with Crippen LogP contribution >= 0.6 is 0 Å². The molecule has 2 aromatic rings. The fourth-order valence-electron chi connectivity index (χ4n) is 3.53. The molecule has 1 fully saturated rings. The lowest BCUT2D eigenvalue weighted by Gasteiger charge is -2.32. The molecule has 0 aliphatic carbocycles. The molecule has 2 aliphatic rings. The SMILES string of the molecule is O=C(Cc1ccccc1)N1CCC2COC(=O)N2c2ccccc2C1. The van der Waals surface area contributed by atoms with Crippen molar-refractivity contribution in [1.29, 1.82) is 0 Å². The predicted octanol–water partition coefficient (Wildman–Crippen LogP) is 2.99. The third-order valence-electron chi connectivity index (χ3n) is 4.86. The highest BCUT2D eigenvalue weighted by atomic mass is 16.6. The fraction of sp³-hybridized carbons (Fsp3) is 0.300. The van der Waals surface area contributed by atoms with E-state index in [9.17, 15) is 9.59 Å². The third-order valence-corrected chi connectivity index (χ3v) is 4.86. The second-order valence-corrected chi connectivity index (χ2v) is 6.50. The van der Waals surface area contributed by atoms with E-state index in [1.807, 2.05) is 59.5 Å². The molecule has 128 valence electrons. The number of rotatable bonds is 2. The second kappa shape index (κ2) is 6.59. The Kier molecular flexibility index (Phi) is 4.14. The summed E-state index contributed by atoms with van der Waals surface area (Å²) in [4.78, 5) is 28.6. The van der Waals surface area contributed by atoms with Crippen molar-refractivity contribution < 1.29 is 14.3 Å². The molecule has 5 heteroatoms. The largest absolute Gasteiger partial charge is 0.447 e. The summed E-state index contributed by atoms with van der Waals surface area (Å²) < 4.78 is 5.24. The summed E-state index contributed by atoms with van der Waals surface area (Å²) in [6.07, 6.45) is 0.828. The van der Waals surface area contributed by atoms with Crippen LogP contribution in [0.3, 0.4) is 0 Å². The van der Waals surface area contributed by atoms with Gasteiger partial charge < -0.3 is 9.64 Å². The molecule has 4 rings (SSSR count). The van der Waals surface area contributed by atoms with E-state index in [2.05, 4.69) is 0 Å². The fourth-order valence-corrected chi connectivity index (χ4v) is 3.53. The number of nitrogens with zero attached hydrogens (tertiary/aromatic N) is 2. The highest BCUT2D eigenvalue weighted by molar-refractivity contribution is 5.91. The summed E-state index contributed by atoms with van der Waals surface area (Å²) in [6, 6.07) is 17.5. The van der Waals surface area contributed by atoms with Crippen molar-refractivity contribution in [1.82, 2.24) is 4.90 Å². The number of fused-ring (bicyclic) bond motifs is 3. The second-order valence-electron chi connectivity index (χ2n) is 6.50. The molecule has 0 spiro atoms. The Morgan fingerprint density at radius 3 is 2.68 bits per heavy atom. The van der Waals surface area contributed by atoms with E-state index in [4.69, 9.17) is 4.74 Å². The van der Waals surface area contributed by atoms with E-state index in [-0.39, 0.29) is 18.0 Å². The summed E-state index contributed by atoms with van der Waals surface area (Å²) in [5, 5.41) is 0. The van der Waals surface area contributed by atoms with Gasteiger partial charge in [-0.25, -0.2) is 4.79 Å². The molecule has 2 aliphatic heterocycles. The van der Waals surface area contributed by atoms with Crippen molar-refractivity contribution in [2.24, 2.45) is 0 Å². The number of carbonyl (C=O) groups is 2. The molecule has 0 radical (unpaired) electrons. The van der Waals surface area contributed by atoms with Crippen molar-refractivity contribution in [3.05, 3.63) is 65.7 Å². The molecular weight excluding hydrogens is 316 g/mol. The van der Waals surface area contributed by atoms with E-state index in [1.54, 1.807) is 4.90 Å². The average Bonchev–Trinajstić information content (AvgIpc) is 2.97. The zero-order valence-corrected chi connectivity index (χ0v) is 13.9. The van der Waals surface area contributed by atoms with Gasteiger partial charge in [0, 0.05) is 13.1 Å². The first-order chi connectivity index (χ1) is 12.2. The van der Waals surface area contributed by atoms with Crippen molar-refractivity contribution in [2.45, 2.75) is 25.4 Å². The summed E-state index contributed by atoms with van der Waals surface area (Å²) in [7, 11) is 0. The van der Waals surface area contributed by atoms with E-state index >= 15 is 0 Å². The van der Waals surface area contributed by atoms with Crippen LogP contribution in [0.4, 0.5) is 10.5 Å². The summed E-state index contributed by atoms with van der Waals surface area (Å²) >= 11 is 0. The van der Waals surface area contributed by atoms with Crippen LogP contribution in [0.15, 0.2) is 54.6 Å². The smallest absolute Gasteiger partial charge is 0.414 e. The van der Waals surface area contributed by atoms with Gasteiger partial charge in [-0.05, 0) is 23.6 Å². The maximum absolute atomic E-state index is 12.8. The number of anilines is 1. The number of hydrogen-bond donors (Lipinski definition) is 0. The van der Waals surface area contributed by atoms with E-state index in [0.29, 0.717) is 26.1 Å². The molecule has 0 aromatic heterocycles. The Labute approximate surface area is 146 Å². The quantitative estimate of drug-likeness (QED) is 0.847. The Morgan fingerprint density at radius 1 is 1.08 bits per heavy atom. The first-order valence-corrected chi connectivity index (χ1v) is 8.58. The lowest BCUT2D eigenvalue weighted by molar-refractivity contribution is -0.131. The van der Waals surface area contributed by atoms with Gasteiger partial charge in [0.15, 0.2) is 0 Å². The monoisotopic (exact) mass is 336 g/mol. The highest BCUT2D eigenvalue weighted by Gasteiger charge is 2.37. The van der Waals surface area contributed by atoms with Gasteiger partial charge in [-0.15, -0.1) is 0 Å². The number of carbonyl (C=O) groups excluding carboxylic acids is 2. The molecule has 25 heavy (non-hydrogen) atoms. The van der Waals surface area contributed by atoms with Crippen LogP contribution in [0.25, 0.3) is 0 Å². The van der Waals surface area contributed by atoms with Crippen LogP contribution < -0.4 is 4.90 Å². The molecule has 0 bridgehead atoms. The van der Waals surface area contributed by atoms with E-state index in [1.165, 1.54) is 0 Å². The molecule has 2 aromatic carbocycles. The van der Waals surface area contributed by atoms with E-state index < -0.39 is 0 Å². The number of hydrogen-bond acceptors (Lipinski definition) is 3. The van der Waals surface area contributed by atoms with Gasteiger partial charge in [-0.3, -0.25) is 9.69 Å². The van der Waals surface area contributed by atoms with Crippen LogP contribution in [0.2, 0.25) is 0 Å². The van der Waals surface area contributed by atoms with Gasteiger partial charge in [0.2, 0.25) is 5.91 Å². The van der Waals surface area contributed by atoms with Gasteiger partial charge in [0.1, 0.15) is 6.61 Å². The average molecular weight is 336 g/mol. The van der Waals surface area contributed by atoms with Gasteiger partial charge >= 0.3 is 6.09 Å². The lowest BCUT2D eigenvalue weighted by Crippen LogP contribution is -2.42. The first kappa shape index (κ1) is 15.7. The molecule has 2 amide bonds. The lowest BCUT2D eigenvalue weighted by atomic mass is 10.0. The topological polar surface area (TPSA) is 49.9 Å². The minimum Gasteiger partial charge on any atom is -0.447 e. The summed E-state index contributed by atoms with van der Waals surface area (Å²) in [5.74, 6) is 0.111. The first-order valence-electron chi connectivity index (χ1n) is 8.58. The normalized spacial score (nSPS) is 19.5. The molecule has 1 saturated heterocycles. The van der Waals surface area contributed by atoms with Crippen LogP contribution in [-0.4, -0.2) is 36.1 Å². The Bertz CT molecular complexity index is 791. The Hall–Kier alpha value is -2.82. The van der Waals surface area contributed by atoms with Gasteiger partial charge in [0.25, 0.3) is 0 Å². The van der Waals surface area contributed by atoms with Crippen LogP contribution in [0.1, 0.15) is 17.5 Å². The summed E-state index contributed by atoms with van der Waals surface area (Å²) in [5.41, 5.74) is 2.85. The number of amides is 2. The maximum atomic E-state index is 12.8. The maximum Gasteiger partial charge on any atom is 0.414 e. The van der Waals surface area contributed by atoms with Crippen LogP contribution in [-0.2, 0) is 22.5 Å². The number of ether oxygens (including phenoxy) is 1. The molecule has 1 atom stereocenters. The van der Waals surface area contributed by atoms with Gasteiger partial charge in [-0.2, -0.15) is 0 Å². The van der Waals surface area contributed by atoms with Crippen LogP contribution in [0.5, 0.6) is 0 Å². The number of benzene rings is 2. The molecule has 0 N–H and O–H groups in total. The van der Waals surface area contributed by atoms with Crippen LogP contribution in [0, 0.1) is 0 Å². The van der Waals surface area contributed by atoms with E-state index in [0.717, 1.165) is 23.2 Å². The van der Waals surface area contributed by atoms with Gasteiger partial charge in [0.05, 0.1) is 18.2 Å². The molecule has 0 saturated carbocycles.